The van der Waals surface area contributed by atoms with E-state index in [1.807, 2.05) is 10.9 Å². The zero-order valence-electron chi connectivity index (χ0n) is 10.2. The van der Waals surface area contributed by atoms with Crippen LogP contribution in [0.1, 0.15) is 31.9 Å². The quantitative estimate of drug-likeness (QED) is 0.732. The van der Waals surface area contributed by atoms with Crippen LogP contribution in [-0.2, 0) is 5.41 Å². The average molecular weight is 215 g/mol. The summed E-state index contributed by atoms with van der Waals surface area (Å²) in [5.41, 5.74) is 3.77. The highest BCUT2D eigenvalue weighted by Gasteiger charge is 2.15. The number of aromatic nitrogens is 3. The second-order valence-electron chi connectivity index (χ2n) is 5.10. The lowest BCUT2D eigenvalue weighted by molar-refractivity contribution is 0.589. The highest BCUT2D eigenvalue weighted by molar-refractivity contribution is 5.44. The molecule has 0 spiro atoms. The minimum absolute atomic E-state index is 0.156. The number of aryl methyl sites for hydroxylation is 1. The molecule has 0 aliphatic rings. The normalized spacial score (nSPS) is 11.8. The molecule has 3 heteroatoms. The van der Waals surface area contributed by atoms with Crippen LogP contribution in [0.4, 0.5) is 0 Å². The predicted octanol–water partition coefficient (Wildman–Crippen LogP) is 2.87. The summed E-state index contributed by atoms with van der Waals surface area (Å²) in [6.07, 6.45) is 3.57. The van der Waals surface area contributed by atoms with Crippen LogP contribution in [0.25, 0.3) is 5.69 Å². The van der Waals surface area contributed by atoms with Gasteiger partial charge < -0.3 is 0 Å². The Morgan fingerprint density at radius 3 is 2.50 bits per heavy atom. The molecule has 0 amide bonds. The fourth-order valence-electron chi connectivity index (χ4n) is 1.66. The maximum absolute atomic E-state index is 4.04. The third-order valence-electron chi connectivity index (χ3n) is 2.74. The van der Waals surface area contributed by atoms with E-state index in [1.54, 1.807) is 6.20 Å². The Morgan fingerprint density at radius 2 is 1.94 bits per heavy atom. The predicted molar refractivity (Wildman–Crippen MR) is 64.8 cm³/mol. The van der Waals surface area contributed by atoms with Gasteiger partial charge in [0.25, 0.3) is 0 Å². The van der Waals surface area contributed by atoms with Gasteiger partial charge >= 0.3 is 0 Å². The minimum Gasteiger partial charge on any atom is -0.220 e. The highest BCUT2D eigenvalue weighted by atomic mass is 15.4. The van der Waals surface area contributed by atoms with Crippen LogP contribution in [-0.4, -0.2) is 15.0 Å². The molecule has 2 rings (SSSR count). The summed E-state index contributed by atoms with van der Waals surface area (Å²) < 4.78 is 1.81. The van der Waals surface area contributed by atoms with Gasteiger partial charge in [-0.05, 0) is 29.5 Å². The van der Waals surface area contributed by atoms with Crippen molar-refractivity contribution in [1.82, 2.24) is 15.0 Å². The van der Waals surface area contributed by atoms with Gasteiger partial charge in [0.05, 0.1) is 18.1 Å². The molecule has 0 radical (unpaired) electrons. The second-order valence-corrected chi connectivity index (χ2v) is 5.10. The Hall–Kier alpha value is -1.64. The maximum atomic E-state index is 4.04. The summed E-state index contributed by atoms with van der Waals surface area (Å²) in [5, 5.41) is 7.88. The fraction of sp³-hybridized carbons (Fsp3) is 0.385. The summed E-state index contributed by atoms with van der Waals surface area (Å²) >= 11 is 0. The smallest absolute Gasteiger partial charge is 0.0697 e. The van der Waals surface area contributed by atoms with Crippen molar-refractivity contribution in [3.63, 3.8) is 0 Å². The SMILES string of the molecule is Cc1ccc(C(C)(C)C)cc1-n1ccnn1. The van der Waals surface area contributed by atoms with E-state index in [1.165, 1.54) is 11.1 Å². The lowest BCUT2D eigenvalue weighted by Gasteiger charge is -2.20. The molecule has 84 valence electrons. The van der Waals surface area contributed by atoms with Crippen molar-refractivity contribution in [1.29, 1.82) is 0 Å². The monoisotopic (exact) mass is 215 g/mol. The van der Waals surface area contributed by atoms with Crippen LogP contribution in [0.3, 0.4) is 0 Å². The summed E-state index contributed by atoms with van der Waals surface area (Å²) in [7, 11) is 0. The van der Waals surface area contributed by atoms with Gasteiger partial charge in [-0.1, -0.05) is 38.1 Å². The van der Waals surface area contributed by atoms with Crippen LogP contribution >= 0.6 is 0 Å². The van der Waals surface area contributed by atoms with Gasteiger partial charge in [0.2, 0.25) is 0 Å². The van der Waals surface area contributed by atoms with E-state index in [0.29, 0.717) is 0 Å². The van der Waals surface area contributed by atoms with E-state index >= 15 is 0 Å². The number of hydrogen-bond acceptors (Lipinski definition) is 2. The molecule has 0 aliphatic heterocycles. The summed E-state index contributed by atoms with van der Waals surface area (Å²) in [6, 6.07) is 6.50. The van der Waals surface area contributed by atoms with Gasteiger partial charge in [-0.2, -0.15) is 0 Å². The van der Waals surface area contributed by atoms with Gasteiger partial charge in [0.1, 0.15) is 0 Å². The van der Waals surface area contributed by atoms with Crippen molar-refractivity contribution in [2.75, 3.05) is 0 Å². The van der Waals surface area contributed by atoms with E-state index in [4.69, 9.17) is 0 Å². The Kier molecular flexibility index (Phi) is 2.54. The lowest BCUT2D eigenvalue weighted by Crippen LogP contribution is -2.12. The molecule has 0 atom stereocenters. The van der Waals surface area contributed by atoms with Crippen molar-refractivity contribution in [3.05, 3.63) is 41.7 Å². The van der Waals surface area contributed by atoms with E-state index < -0.39 is 0 Å². The molecule has 0 aliphatic carbocycles. The van der Waals surface area contributed by atoms with Crippen LogP contribution in [0.5, 0.6) is 0 Å². The molecule has 0 saturated carbocycles. The molecule has 1 heterocycles. The standard InChI is InChI=1S/C13H17N3/c1-10-5-6-11(13(2,3)4)9-12(10)16-8-7-14-15-16/h5-9H,1-4H3. The molecular formula is C13H17N3. The summed E-state index contributed by atoms with van der Waals surface area (Å²) in [5.74, 6) is 0. The molecule has 0 fully saturated rings. The Morgan fingerprint density at radius 1 is 1.19 bits per heavy atom. The van der Waals surface area contributed by atoms with Gasteiger partial charge in [-0.25, -0.2) is 4.68 Å². The molecule has 1 aromatic heterocycles. The minimum atomic E-state index is 0.156. The molecule has 0 N–H and O–H groups in total. The van der Waals surface area contributed by atoms with Gasteiger partial charge in [0, 0.05) is 0 Å². The lowest BCUT2D eigenvalue weighted by atomic mass is 9.86. The number of rotatable bonds is 1. The van der Waals surface area contributed by atoms with Crippen molar-refractivity contribution in [2.24, 2.45) is 0 Å². The number of nitrogens with zero attached hydrogens (tertiary/aromatic N) is 3. The molecule has 0 bridgehead atoms. The molecule has 1 aromatic carbocycles. The first-order chi connectivity index (χ1) is 7.48. The fourth-order valence-corrected chi connectivity index (χ4v) is 1.66. The zero-order valence-corrected chi connectivity index (χ0v) is 10.2. The van der Waals surface area contributed by atoms with Crippen molar-refractivity contribution < 1.29 is 0 Å². The van der Waals surface area contributed by atoms with E-state index in [9.17, 15) is 0 Å². The van der Waals surface area contributed by atoms with Gasteiger partial charge in [-0.3, -0.25) is 0 Å². The maximum Gasteiger partial charge on any atom is 0.0697 e. The number of benzene rings is 1. The first kappa shape index (κ1) is 10.9. The van der Waals surface area contributed by atoms with Gasteiger partial charge in [0.15, 0.2) is 0 Å². The van der Waals surface area contributed by atoms with Crippen LogP contribution in [0.2, 0.25) is 0 Å². The topological polar surface area (TPSA) is 30.7 Å². The molecule has 2 aromatic rings. The third-order valence-corrected chi connectivity index (χ3v) is 2.74. The molecular weight excluding hydrogens is 198 g/mol. The summed E-state index contributed by atoms with van der Waals surface area (Å²) in [4.78, 5) is 0. The highest BCUT2D eigenvalue weighted by Crippen LogP contribution is 2.25. The van der Waals surface area contributed by atoms with E-state index in [-0.39, 0.29) is 5.41 Å². The van der Waals surface area contributed by atoms with Crippen LogP contribution < -0.4 is 0 Å². The summed E-state index contributed by atoms with van der Waals surface area (Å²) in [6.45, 7) is 8.72. The van der Waals surface area contributed by atoms with E-state index in [2.05, 4.69) is 56.2 Å². The van der Waals surface area contributed by atoms with Gasteiger partial charge in [-0.15, -0.1) is 5.10 Å². The third kappa shape index (κ3) is 1.98. The van der Waals surface area contributed by atoms with Crippen molar-refractivity contribution >= 4 is 0 Å². The van der Waals surface area contributed by atoms with E-state index in [0.717, 1.165) is 5.69 Å². The first-order valence-corrected chi connectivity index (χ1v) is 5.46. The molecule has 16 heavy (non-hydrogen) atoms. The Labute approximate surface area is 96.1 Å². The molecule has 3 nitrogen and oxygen atoms in total. The van der Waals surface area contributed by atoms with Crippen molar-refractivity contribution in [3.8, 4) is 5.69 Å². The Bertz CT molecular complexity index is 478. The second kappa shape index (κ2) is 3.74. The van der Waals surface area contributed by atoms with Crippen molar-refractivity contribution in [2.45, 2.75) is 33.1 Å². The molecule has 0 unspecified atom stereocenters. The number of hydrogen-bond donors (Lipinski definition) is 0. The van der Waals surface area contributed by atoms with Crippen LogP contribution in [0.15, 0.2) is 30.6 Å². The average Bonchev–Trinajstić information content (AvgIpc) is 2.69. The largest absolute Gasteiger partial charge is 0.220 e. The Balaban J connectivity index is 2.54. The van der Waals surface area contributed by atoms with Crippen LogP contribution in [0, 0.1) is 6.92 Å². The zero-order chi connectivity index (χ0) is 11.8. The molecule has 0 saturated heterocycles. The first-order valence-electron chi connectivity index (χ1n) is 5.46.